The van der Waals surface area contributed by atoms with Gasteiger partial charge in [-0.1, -0.05) is 0 Å². The second kappa shape index (κ2) is 6.28. The second-order valence-electron chi connectivity index (χ2n) is 4.59. The lowest BCUT2D eigenvalue weighted by Gasteiger charge is -2.05. The van der Waals surface area contributed by atoms with Crippen molar-refractivity contribution in [1.82, 2.24) is 9.55 Å². The molecule has 2 aromatic rings. The number of aryl methyl sites for hydroxylation is 2. The van der Waals surface area contributed by atoms with Gasteiger partial charge >= 0.3 is 0 Å². The van der Waals surface area contributed by atoms with Crippen molar-refractivity contribution in [1.29, 1.82) is 0 Å². The standard InChI is InChI=1S/C14H18N2O3S/c1-4-19-7-5-6-16-8-15-13-11(14(16)18)9(2)12(20-13)10(3)17/h8H,4-7H2,1-3H3. The Morgan fingerprint density at radius 3 is 2.90 bits per heavy atom. The Morgan fingerprint density at radius 2 is 2.25 bits per heavy atom. The predicted octanol–water partition coefficient (Wildman–Crippen LogP) is 2.40. The number of thiophene rings is 1. The molecule has 0 saturated carbocycles. The first-order chi connectivity index (χ1) is 9.56. The Labute approximate surface area is 121 Å². The summed E-state index contributed by atoms with van der Waals surface area (Å²) in [7, 11) is 0. The summed E-state index contributed by atoms with van der Waals surface area (Å²) in [5.74, 6) is -0.0206. The zero-order chi connectivity index (χ0) is 14.7. The molecule has 0 aliphatic rings. The molecule has 0 unspecified atom stereocenters. The van der Waals surface area contributed by atoms with Crippen LogP contribution in [0.25, 0.3) is 10.2 Å². The molecule has 0 amide bonds. The van der Waals surface area contributed by atoms with Gasteiger partial charge < -0.3 is 4.74 Å². The molecule has 2 aromatic heterocycles. The Morgan fingerprint density at radius 1 is 1.50 bits per heavy atom. The van der Waals surface area contributed by atoms with Crippen LogP contribution in [0.1, 0.15) is 35.5 Å². The van der Waals surface area contributed by atoms with E-state index in [4.69, 9.17) is 4.74 Å². The molecule has 0 fully saturated rings. The molecule has 0 radical (unpaired) electrons. The fourth-order valence-electron chi connectivity index (χ4n) is 2.14. The number of hydrogen-bond acceptors (Lipinski definition) is 5. The maximum Gasteiger partial charge on any atom is 0.262 e. The average molecular weight is 294 g/mol. The van der Waals surface area contributed by atoms with Crippen molar-refractivity contribution in [2.24, 2.45) is 0 Å². The van der Waals surface area contributed by atoms with Gasteiger partial charge in [0.05, 0.1) is 16.6 Å². The molecule has 0 N–H and O–H groups in total. The first kappa shape index (κ1) is 14.9. The van der Waals surface area contributed by atoms with Crippen molar-refractivity contribution in [3.05, 3.63) is 27.1 Å². The molecule has 2 rings (SSSR count). The van der Waals surface area contributed by atoms with E-state index in [2.05, 4.69) is 4.98 Å². The molecular formula is C14H18N2O3S. The summed E-state index contributed by atoms with van der Waals surface area (Å²) >= 11 is 1.29. The number of Topliss-reactive ketones (excluding diaryl/α,β-unsaturated/α-hetero) is 1. The van der Waals surface area contributed by atoms with E-state index < -0.39 is 0 Å². The molecule has 108 valence electrons. The Balaban J connectivity index is 2.35. The van der Waals surface area contributed by atoms with Crippen molar-refractivity contribution < 1.29 is 9.53 Å². The minimum Gasteiger partial charge on any atom is -0.382 e. The van der Waals surface area contributed by atoms with Crippen LogP contribution in [0, 0.1) is 6.92 Å². The molecule has 0 spiro atoms. The normalized spacial score (nSPS) is 11.2. The fraction of sp³-hybridized carbons (Fsp3) is 0.500. The zero-order valence-corrected chi connectivity index (χ0v) is 12.7. The number of aromatic nitrogens is 2. The summed E-state index contributed by atoms with van der Waals surface area (Å²) in [4.78, 5) is 29.5. The van der Waals surface area contributed by atoms with Gasteiger partial charge in [-0.2, -0.15) is 0 Å². The number of nitrogens with zero attached hydrogens (tertiary/aromatic N) is 2. The van der Waals surface area contributed by atoms with Crippen LogP contribution in [-0.4, -0.2) is 28.5 Å². The molecule has 0 atom stereocenters. The monoisotopic (exact) mass is 294 g/mol. The first-order valence-electron chi connectivity index (χ1n) is 6.63. The summed E-state index contributed by atoms with van der Waals surface area (Å²) in [6, 6.07) is 0. The highest BCUT2D eigenvalue weighted by Crippen LogP contribution is 2.26. The number of ether oxygens (including phenoxy) is 1. The minimum absolute atomic E-state index is 0.0206. The van der Waals surface area contributed by atoms with E-state index in [0.717, 1.165) is 12.0 Å². The van der Waals surface area contributed by atoms with Crippen molar-refractivity contribution in [3.8, 4) is 0 Å². The third-order valence-corrected chi connectivity index (χ3v) is 4.43. The van der Waals surface area contributed by atoms with E-state index in [9.17, 15) is 9.59 Å². The molecule has 0 aromatic carbocycles. The highest BCUT2D eigenvalue weighted by atomic mass is 32.1. The topological polar surface area (TPSA) is 61.2 Å². The van der Waals surface area contributed by atoms with Crippen molar-refractivity contribution >= 4 is 27.3 Å². The van der Waals surface area contributed by atoms with Gasteiger partial charge in [0.25, 0.3) is 5.56 Å². The average Bonchev–Trinajstić information content (AvgIpc) is 2.75. The maximum absolute atomic E-state index is 12.4. The number of fused-ring (bicyclic) bond motifs is 1. The van der Waals surface area contributed by atoms with E-state index in [1.165, 1.54) is 18.3 Å². The SMILES string of the molecule is CCOCCCn1cnc2sc(C(C)=O)c(C)c2c1=O. The molecule has 5 nitrogen and oxygen atoms in total. The van der Waals surface area contributed by atoms with Crippen LogP contribution in [0.4, 0.5) is 0 Å². The summed E-state index contributed by atoms with van der Waals surface area (Å²) in [6.07, 6.45) is 2.32. The van der Waals surface area contributed by atoms with Gasteiger partial charge in [-0.25, -0.2) is 4.98 Å². The van der Waals surface area contributed by atoms with Crippen LogP contribution < -0.4 is 5.56 Å². The zero-order valence-electron chi connectivity index (χ0n) is 11.9. The van der Waals surface area contributed by atoms with Crippen molar-refractivity contribution in [3.63, 3.8) is 0 Å². The fourth-order valence-corrected chi connectivity index (χ4v) is 3.17. The largest absolute Gasteiger partial charge is 0.382 e. The number of rotatable bonds is 6. The molecule has 2 heterocycles. The van der Waals surface area contributed by atoms with Gasteiger partial charge in [0, 0.05) is 19.8 Å². The molecule has 0 bridgehead atoms. The lowest BCUT2D eigenvalue weighted by atomic mass is 10.2. The van der Waals surface area contributed by atoms with Gasteiger partial charge in [0.1, 0.15) is 4.83 Å². The van der Waals surface area contributed by atoms with E-state index >= 15 is 0 Å². The van der Waals surface area contributed by atoms with Crippen LogP contribution in [0.3, 0.4) is 0 Å². The van der Waals surface area contributed by atoms with Gasteiger partial charge in [-0.3, -0.25) is 14.2 Å². The predicted molar refractivity (Wildman–Crippen MR) is 79.7 cm³/mol. The highest BCUT2D eigenvalue weighted by Gasteiger charge is 2.16. The maximum atomic E-state index is 12.4. The van der Waals surface area contributed by atoms with Crippen LogP contribution in [-0.2, 0) is 11.3 Å². The molecule has 0 aliphatic carbocycles. The van der Waals surface area contributed by atoms with Crippen LogP contribution >= 0.6 is 11.3 Å². The number of carbonyl (C=O) groups is 1. The molecular weight excluding hydrogens is 276 g/mol. The molecule has 0 aliphatic heterocycles. The first-order valence-corrected chi connectivity index (χ1v) is 7.45. The van der Waals surface area contributed by atoms with E-state index in [0.29, 0.717) is 34.9 Å². The van der Waals surface area contributed by atoms with Gasteiger partial charge in [-0.15, -0.1) is 11.3 Å². The van der Waals surface area contributed by atoms with Crippen molar-refractivity contribution in [2.45, 2.75) is 33.7 Å². The van der Waals surface area contributed by atoms with Crippen LogP contribution in [0.2, 0.25) is 0 Å². The summed E-state index contributed by atoms with van der Waals surface area (Å²) < 4.78 is 6.85. The van der Waals surface area contributed by atoms with E-state index in [1.807, 2.05) is 13.8 Å². The van der Waals surface area contributed by atoms with Gasteiger partial charge in [0.2, 0.25) is 0 Å². The lowest BCUT2D eigenvalue weighted by molar-refractivity contribution is 0.102. The number of hydrogen-bond donors (Lipinski definition) is 0. The van der Waals surface area contributed by atoms with Crippen molar-refractivity contribution in [2.75, 3.05) is 13.2 Å². The molecule has 0 saturated heterocycles. The van der Waals surface area contributed by atoms with E-state index in [1.54, 1.807) is 10.9 Å². The summed E-state index contributed by atoms with van der Waals surface area (Å²) in [5, 5.41) is 0.569. The lowest BCUT2D eigenvalue weighted by Crippen LogP contribution is -2.21. The van der Waals surface area contributed by atoms with Gasteiger partial charge in [0.15, 0.2) is 5.78 Å². The third-order valence-electron chi connectivity index (χ3n) is 3.13. The highest BCUT2D eigenvalue weighted by molar-refractivity contribution is 7.20. The Kier molecular flexibility index (Phi) is 4.67. The Hall–Kier alpha value is -1.53. The Bertz CT molecular complexity index is 688. The summed E-state index contributed by atoms with van der Waals surface area (Å²) in [6.45, 7) is 7.14. The van der Waals surface area contributed by atoms with Crippen LogP contribution in [0.5, 0.6) is 0 Å². The third kappa shape index (κ3) is 2.81. The smallest absolute Gasteiger partial charge is 0.262 e. The van der Waals surface area contributed by atoms with Gasteiger partial charge in [-0.05, 0) is 32.8 Å². The molecule has 6 heteroatoms. The minimum atomic E-state index is -0.0762. The number of carbonyl (C=O) groups excluding carboxylic acids is 1. The quantitative estimate of drug-likeness (QED) is 0.606. The second-order valence-corrected chi connectivity index (χ2v) is 5.59. The van der Waals surface area contributed by atoms with E-state index in [-0.39, 0.29) is 11.3 Å². The van der Waals surface area contributed by atoms with Crippen LogP contribution in [0.15, 0.2) is 11.1 Å². The summed E-state index contributed by atoms with van der Waals surface area (Å²) in [5.41, 5.74) is 0.668. The molecule has 20 heavy (non-hydrogen) atoms. The number of ketones is 1.